The van der Waals surface area contributed by atoms with Crippen LogP contribution < -0.4 is 5.32 Å². The van der Waals surface area contributed by atoms with Crippen molar-refractivity contribution in [3.8, 4) is 0 Å². The second kappa shape index (κ2) is 6.38. The van der Waals surface area contributed by atoms with E-state index in [0.717, 1.165) is 12.5 Å². The van der Waals surface area contributed by atoms with Gasteiger partial charge in [-0.2, -0.15) is 0 Å². The van der Waals surface area contributed by atoms with Gasteiger partial charge in [-0.15, -0.1) is 11.3 Å². The van der Waals surface area contributed by atoms with E-state index < -0.39 is 0 Å². The molecule has 1 fully saturated rings. The lowest BCUT2D eigenvalue weighted by atomic mass is 9.90. The maximum atomic E-state index is 3.76. The average molecular weight is 280 g/mol. The normalized spacial score (nSPS) is 25.7. The highest BCUT2D eigenvalue weighted by atomic mass is 32.1. The van der Waals surface area contributed by atoms with Crippen molar-refractivity contribution in [2.45, 2.75) is 39.7 Å². The van der Waals surface area contributed by atoms with Crippen LogP contribution in [0.5, 0.6) is 0 Å². The van der Waals surface area contributed by atoms with Gasteiger partial charge in [-0.05, 0) is 42.7 Å². The second-order valence-corrected chi connectivity index (χ2v) is 8.28. The van der Waals surface area contributed by atoms with E-state index in [4.69, 9.17) is 0 Å². The molecule has 19 heavy (non-hydrogen) atoms. The van der Waals surface area contributed by atoms with E-state index in [0.29, 0.717) is 11.5 Å². The molecular formula is C16H28N2S. The predicted octanol–water partition coefficient (Wildman–Crippen LogP) is 3.25. The lowest BCUT2D eigenvalue weighted by Gasteiger charge is -2.37. The average Bonchev–Trinajstić information content (AvgIpc) is 2.77. The molecule has 0 radical (unpaired) electrons. The van der Waals surface area contributed by atoms with E-state index in [-0.39, 0.29) is 0 Å². The molecule has 0 bridgehead atoms. The molecule has 0 spiro atoms. The first kappa shape index (κ1) is 15.0. The van der Waals surface area contributed by atoms with Crippen LogP contribution in [0.2, 0.25) is 0 Å². The van der Waals surface area contributed by atoms with Crippen LogP contribution in [0.4, 0.5) is 0 Å². The SMILES string of the molecule is CN1CC(Cc2cccs2)CC(NCC(C)(C)C)C1. The third-order valence-electron chi connectivity index (χ3n) is 3.71. The summed E-state index contributed by atoms with van der Waals surface area (Å²) in [5.41, 5.74) is 0.374. The Balaban J connectivity index is 1.85. The molecule has 0 amide bonds. The summed E-state index contributed by atoms with van der Waals surface area (Å²) >= 11 is 1.90. The highest BCUT2D eigenvalue weighted by Gasteiger charge is 2.26. The van der Waals surface area contributed by atoms with Gasteiger partial charge >= 0.3 is 0 Å². The Morgan fingerprint density at radius 1 is 1.37 bits per heavy atom. The van der Waals surface area contributed by atoms with Crippen LogP contribution in [0.3, 0.4) is 0 Å². The van der Waals surface area contributed by atoms with Crippen molar-refractivity contribution in [1.82, 2.24) is 10.2 Å². The van der Waals surface area contributed by atoms with Gasteiger partial charge in [-0.3, -0.25) is 0 Å². The van der Waals surface area contributed by atoms with E-state index in [2.05, 4.69) is 55.5 Å². The lowest BCUT2D eigenvalue weighted by molar-refractivity contribution is 0.161. The topological polar surface area (TPSA) is 15.3 Å². The number of likely N-dealkylation sites (tertiary alicyclic amines) is 1. The molecule has 2 atom stereocenters. The molecule has 2 unspecified atom stereocenters. The highest BCUT2D eigenvalue weighted by Crippen LogP contribution is 2.23. The van der Waals surface area contributed by atoms with Gasteiger partial charge < -0.3 is 10.2 Å². The summed E-state index contributed by atoms with van der Waals surface area (Å²) in [5.74, 6) is 0.801. The molecule has 1 aromatic heterocycles. The Hall–Kier alpha value is -0.380. The zero-order chi connectivity index (χ0) is 13.9. The summed E-state index contributed by atoms with van der Waals surface area (Å²) in [6.07, 6.45) is 2.56. The Bertz CT molecular complexity index is 367. The molecular weight excluding hydrogens is 252 g/mol. The van der Waals surface area contributed by atoms with Gasteiger partial charge in [-0.1, -0.05) is 26.8 Å². The highest BCUT2D eigenvalue weighted by molar-refractivity contribution is 7.09. The third kappa shape index (κ3) is 5.25. The molecule has 0 saturated carbocycles. The van der Waals surface area contributed by atoms with E-state index >= 15 is 0 Å². The Kier molecular flexibility index (Phi) is 5.04. The molecule has 1 aliphatic heterocycles. The second-order valence-electron chi connectivity index (χ2n) is 7.24. The molecule has 2 rings (SSSR count). The van der Waals surface area contributed by atoms with Crippen LogP contribution in [-0.4, -0.2) is 37.6 Å². The molecule has 2 heterocycles. The Morgan fingerprint density at radius 3 is 2.79 bits per heavy atom. The van der Waals surface area contributed by atoms with Crippen LogP contribution in [0.15, 0.2) is 17.5 Å². The van der Waals surface area contributed by atoms with Crippen LogP contribution >= 0.6 is 11.3 Å². The minimum atomic E-state index is 0.374. The van der Waals surface area contributed by atoms with Crippen molar-refractivity contribution in [2.24, 2.45) is 11.3 Å². The van der Waals surface area contributed by atoms with Gasteiger partial charge in [0.25, 0.3) is 0 Å². The number of rotatable bonds is 4. The van der Waals surface area contributed by atoms with Crippen LogP contribution in [0, 0.1) is 11.3 Å². The van der Waals surface area contributed by atoms with Crippen molar-refractivity contribution in [1.29, 1.82) is 0 Å². The summed E-state index contributed by atoms with van der Waals surface area (Å²) in [7, 11) is 2.26. The zero-order valence-electron chi connectivity index (χ0n) is 12.8. The predicted molar refractivity (Wildman–Crippen MR) is 84.9 cm³/mol. The largest absolute Gasteiger partial charge is 0.312 e. The molecule has 2 nitrogen and oxygen atoms in total. The van der Waals surface area contributed by atoms with Crippen LogP contribution in [-0.2, 0) is 6.42 Å². The molecule has 1 aliphatic rings. The lowest BCUT2D eigenvalue weighted by Crippen LogP contribution is -2.49. The van der Waals surface area contributed by atoms with E-state index in [1.54, 1.807) is 0 Å². The van der Waals surface area contributed by atoms with Gasteiger partial charge in [-0.25, -0.2) is 0 Å². The number of nitrogens with zero attached hydrogens (tertiary/aromatic N) is 1. The summed E-state index contributed by atoms with van der Waals surface area (Å²) in [6.45, 7) is 10.4. The summed E-state index contributed by atoms with van der Waals surface area (Å²) in [4.78, 5) is 4.03. The Morgan fingerprint density at radius 2 is 2.16 bits per heavy atom. The van der Waals surface area contributed by atoms with Crippen molar-refractivity contribution in [3.63, 3.8) is 0 Å². The van der Waals surface area contributed by atoms with Crippen molar-refractivity contribution >= 4 is 11.3 Å². The van der Waals surface area contributed by atoms with Gasteiger partial charge in [0.1, 0.15) is 0 Å². The number of hydrogen-bond donors (Lipinski definition) is 1. The molecule has 108 valence electrons. The van der Waals surface area contributed by atoms with E-state index in [1.165, 1.54) is 30.8 Å². The fraction of sp³-hybridized carbons (Fsp3) is 0.750. The number of hydrogen-bond acceptors (Lipinski definition) is 3. The standard InChI is InChI=1S/C16H28N2S/c1-16(2,3)12-17-14-8-13(10-18(4)11-14)9-15-6-5-7-19-15/h5-7,13-14,17H,8-12H2,1-4H3. The van der Waals surface area contributed by atoms with Gasteiger partial charge in [0, 0.05) is 30.6 Å². The summed E-state index contributed by atoms with van der Waals surface area (Å²) in [5, 5.41) is 5.95. The van der Waals surface area contributed by atoms with Crippen LogP contribution in [0.1, 0.15) is 32.1 Å². The molecule has 0 aliphatic carbocycles. The van der Waals surface area contributed by atoms with Crippen molar-refractivity contribution in [2.75, 3.05) is 26.7 Å². The van der Waals surface area contributed by atoms with Gasteiger partial charge in [0.2, 0.25) is 0 Å². The number of nitrogens with one attached hydrogen (secondary N) is 1. The number of thiophene rings is 1. The minimum Gasteiger partial charge on any atom is -0.312 e. The van der Waals surface area contributed by atoms with E-state index in [9.17, 15) is 0 Å². The molecule has 1 saturated heterocycles. The van der Waals surface area contributed by atoms with Gasteiger partial charge in [0.15, 0.2) is 0 Å². The molecule has 3 heteroatoms. The van der Waals surface area contributed by atoms with Gasteiger partial charge in [0.05, 0.1) is 0 Å². The molecule has 0 aromatic carbocycles. The van der Waals surface area contributed by atoms with Crippen molar-refractivity contribution < 1.29 is 0 Å². The van der Waals surface area contributed by atoms with Crippen molar-refractivity contribution in [3.05, 3.63) is 22.4 Å². The van der Waals surface area contributed by atoms with Crippen LogP contribution in [0.25, 0.3) is 0 Å². The first-order chi connectivity index (χ1) is 8.92. The monoisotopic (exact) mass is 280 g/mol. The van der Waals surface area contributed by atoms with E-state index in [1.807, 2.05) is 11.3 Å². The zero-order valence-corrected chi connectivity index (χ0v) is 13.6. The summed E-state index contributed by atoms with van der Waals surface area (Å²) < 4.78 is 0. The number of piperidine rings is 1. The quantitative estimate of drug-likeness (QED) is 0.911. The number of likely N-dealkylation sites (N-methyl/N-ethyl adjacent to an activating group) is 1. The summed E-state index contributed by atoms with van der Waals surface area (Å²) in [6, 6.07) is 5.10. The molecule has 1 N–H and O–H groups in total. The smallest absolute Gasteiger partial charge is 0.0198 e. The first-order valence-corrected chi connectivity index (χ1v) is 8.25. The fourth-order valence-corrected chi connectivity index (χ4v) is 3.72. The maximum absolute atomic E-state index is 3.76. The fourth-order valence-electron chi connectivity index (χ4n) is 2.90. The maximum Gasteiger partial charge on any atom is 0.0198 e. The Labute approximate surface area is 122 Å². The minimum absolute atomic E-state index is 0.374. The third-order valence-corrected chi connectivity index (χ3v) is 4.61. The molecule has 1 aromatic rings. The first-order valence-electron chi connectivity index (χ1n) is 7.37.